The van der Waals surface area contributed by atoms with Crippen molar-refractivity contribution in [3.63, 3.8) is 0 Å². The lowest BCUT2D eigenvalue weighted by Crippen LogP contribution is -2.27. The van der Waals surface area contributed by atoms with Crippen LogP contribution in [0.4, 0.5) is 5.82 Å². The summed E-state index contributed by atoms with van der Waals surface area (Å²) in [4.78, 5) is 7.23. The lowest BCUT2D eigenvalue weighted by atomic mass is 10.2. The van der Waals surface area contributed by atoms with E-state index in [2.05, 4.69) is 22.2 Å². The molecule has 0 aromatic carbocycles. The first kappa shape index (κ1) is 13.2. The molecule has 0 spiro atoms. The molecular weight excluding hydrogens is 244 g/mol. The Morgan fingerprint density at radius 2 is 2.28 bits per heavy atom. The fourth-order valence-electron chi connectivity index (χ4n) is 1.96. The van der Waals surface area contributed by atoms with Crippen LogP contribution in [0, 0.1) is 6.92 Å². The van der Waals surface area contributed by atoms with Gasteiger partial charge >= 0.3 is 0 Å². The Morgan fingerprint density at radius 1 is 1.56 bits per heavy atom. The Balaban J connectivity index is 1.89. The van der Waals surface area contributed by atoms with Crippen LogP contribution in [0.25, 0.3) is 0 Å². The fraction of sp³-hybridized carbons (Fsp3) is 0.538. The van der Waals surface area contributed by atoms with Crippen molar-refractivity contribution in [3.8, 4) is 0 Å². The van der Waals surface area contributed by atoms with Gasteiger partial charge in [0.1, 0.15) is 10.8 Å². The Morgan fingerprint density at radius 3 is 2.89 bits per heavy atom. The summed E-state index contributed by atoms with van der Waals surface area (Å²) in [5.41, 5.74) is 7.44. The van der Waals surface area contributed by atoms with Gasteiger partial charge in [-0.25, -0.2) is 4.98 Å². The molecule has 5 heteroatoms. The zero-order chi connectivity index (χ0) is 13.1. The van der Waals surface area contributed by atoms with Crippen molar-refractivity contribution < 1.29 is 0 Å². The molecule has 1 aromatic heterocycles. The number of hydrogen-bond donors (Lipinski definition) is 2. The molecule has 1 aliphatic carbocycles. The van der Waals surface area contributed by atoms with E-state index in [1.807, 2.05) is 19.1 Å². The van der Waals surface area contributed by atoms with Gasteiger partial charge in [-0.15, -0.1) is 0 Å². The first-order valence-electron chi connectivity index (χ1n) is 6.29. The lowest BCUT2D eigenvalue weighted by Gasteiger charge is -2.16. The maximum atomic E-state index is 5.64. The molecule has 1 heterocycles. The Labute approximate surface area is 114 Å². The van der Waals surface area contributed by atoms with Crippen LogP contribution in [0.2, 0.25) is 0 Å². The van der Waals surface area contributed by atoms with Crippen molar-refractivity contribution in [2.75, 3.05) is 25.5 Å². The Hall–Kier alpha value is -1.20. The second kappa shape index (κ2) is 5.63. The van der Waals surface area contributed by atoms with Gasteiger partial charge in [0.15, 0.2) is 0 Å². The van der Waals surface area contributed by atoms with Gasteiger partial charge in [0, 0.05) is 30.4 Å². The molecule has 3 N–H and O–H groups in total. The minimum absolute atomic E-state index is 0.415. The van der Waals surface area contributed by atoms with Crippen molar-refractivity contribution in [1.82, 2.24) is 9.88 Å². The van der Waals surface area contributed by atoms with Gasteiger partial charge in [0.05, 0.1) is 0 Å². The van der Waals surface area contributed by atoms with Gasteiger partial charge in [0.25, 0.3) is 0 Å². The van der Waals surface area contributed by atoms with E-state index in [1.54, 1.807) is 0 Å². The van der Waals surface area contributed by atoms with Crippen molar-refractivity contribution in [1.29, 1.82) is 0 Å². The highest BCUT2D eigenvalue weighted by atomic mass is 32.1. The summed E-state index contributed by atoms with van der Waals surface area (Å²) >= 11 is 4.99. The van der Waals surface area contributed by atoms with E-state index >= 15 is 0 Å². The summed E-state index contributed by atoms with van der Waals surface area (Å²) in [7, 11) is 2.17. The molecule has 0 radical (unpaired) electrons. The molecule has 0 saturated heterocycles. The topological polar surface area (TPSA) is 54.2 Å². The summed E-state index contributed by atoms with van der Waals surface area (Å²) in [6, 6.07) is 4.61. The largest absolute Gasteiger partial charge is 0.389 e. The standard InChI is InChI=1S/C13H20N4S/c1-9-7-10(13(14)18)8-12(16-9)15-5-6-17(2)11-3-4-11/h7-8,11H,3-6H2,1-2H3,(H2,14,18)(H,15,16). The van der Waals surface area contributed by atoms with Gasteiger partial charge < -0.3 is 16.0 Å². The maximum Gasteiger partial charge on any atom is 0.126 e. The SMILES string of the molecule is Cc1cc(C(N)=S)cc(NCCN(C)C2CC2)n1. The number of hydrogen-bond acceptors (Lipinski definition) is 4. The van der Waals surface area contributed by atoms with E-state index in [4.69, 9.17) is 18.0 Å². The van der Waals surface area contributed by atoms with Crippen LogP contribution in [0.5, 0.6) is 0 Å². The summed E-state index contributed by atoms with van der Waals surface area (Å²) in [6.07, 6.45) is 2.68. The quantitative estimate of drug-likeness (QED) is 0.763. The molecule has 0 amide bonds. The number of aromatic nitrogens is 1. The smallest absolute Gasteiger partial charge is 0.126 e. The summed E-state index contributed by atoms with van der Waals surface area (Å²) in [5, 5.41) is 3.33. The number of pyridine rings is 1. The van der Waals surface area contributed by atoms with Crippen LogP contribution in [0.1, 0.15) is 24.1 Å². The summed E-state index contributed by atoms with van der Waals surface area (Å²) in [5.74, 6) is 0.849. The summed E-state index contributed by atoms with van der Waals surface area (Å²) < 4.78 is 0. The van der Waals surface area contributed by atoms with Crippen LogP contribution in [-0.2, 0) is 0 Å². The number of nitrogens with two attached hydrogens (primary N) is 1. The number of likely N-dealkylation sites (N-methyl/N-ethyl adjacent to an activating group) is 1. The van der Waals surface area contributed by atoms with E-state index in [1.165, 1.54) is 12.8 Å². The third-order valence-electron chi connectivity index (χ3n) is 3.18. The minimum Gasteiger partial charge on any atom is -0.389 e. The zero-order valence-electron chi connectivity index (χ0n) is 10.9. The molecule has 0 bridgehead atoms. The van der Waals surface area contributed by atoms with Gasteiger partial charge in [0.2, 0.25) is 0 Å². The number of nitrogens with zero attached hydrogens (tertiary/aromatic N) is 2. The van der Waals surface area contributed by atoms with Crippen LogP contribution in [-0.4, -0.2) is 41.1 Å². The predicted octanol–water partition coefficient (Wildman–Crippen LogP) is 1.53. The van der Waals surface area contributed by atoms with E-state index in [9.17, 15) is 0 Å². The molecule has 98 valence electrons. The van der Waals surface area contributed by atoms with Crippen LogP contribution in [0.15, 0.2) is 12.1 Å². The Bertz CT molecular complexity index is 443. The lowest BCUT2D eigenvalue weighted by molar-refractivity contribution is 0.337. The van der Waals surface area contributed by atoms with E-state index < -0.39 is 0 Å². The highest BCUT2D eigenvalue weighted by Crippen LogP contribution is 2.24. The minimum atomic E-state index is 0.415. The second-order valence-corrected chi connectivity index (χ2v) is 5.33. The van der Waals surface area contributed by atoms with Gasteiger partial charge in [-0.1, -0.05) is 12.2 Å². The predicted molar refractivity (Wildman–Crippen MR) is 79.0 cm³/mol. The first-order valence-corrected chi connectivity index (χ1v) is 6.69. The van der Waals surface area contributed by atoms with E-state index in [0.717, 1.165) is 36.2 Å². The fourth-order valence-corrected chi connectivity index (χ4v) is 2.08. The molecule has 0 aliphatic heterocycles. The van der Waals surface area contributed by atoms with Crippen molar-refractivity contribution in [2.24, 2.45) is 5.73 Å². The number of aryl methyl sites for hydroxylation is 1. The molecule has 1 fully saturated rings. The zero-order valence-corrected chi connectivity index (χ0v) is 11.8. The average Bonchev–Trinajstić information content (AvgIpc) is 3.11. The molecule has 1 saturated carbocycles. The van der Waals surface area contributed by atoms with E-state index in [-0.39, 0.29) is 0 Å². The first-order chi connectivity index (χ1) is 8.56. The van der Waals surface area contributed by atoms with Crippen LogP contribution >= 0.6 is 12.2 Å². The monoisotopic (exact) mass is 264 g/mol. The summed E-state index contributed by atoms with van der Waals surface area (Å²) in [6.45, 7) is 3.87. The third-order valence-corrected chi connectivity index (χ3v) is 3.41. The van der Waals surface area contributed by atoms with Crippen LogP contribution in [0.3, 0.4) is 0 Å². The Kier molecular flexibility index (Phi) is 4.14. The van der Waals surface area contributed by atoms with Gasteiger partial charge in [-0.05, 0) is 38.9 Å². The third kappa shape index (κ3) is 3.65. The van der Waals surface area contributed by atoms with Gasteiger partial charge in [-0.2, -0.15) is 0 Å². The second-order valence-electron chi connectivity index (χ2n) is 4.89. The van der Waals surface area contributed by atoms with E-state index in [0.29, 0.717) is 4.99 Å². The highest BCUT2D eigenvalue weighted by molar-refractivity contribution is 7.80. The molecule has 18 heavy (non-hydrogen) atoms. The number of rotatable bonds is 6. The molecule has 4 nitrogen and oxygen atoms in total. The normalized spacial score (nSPS) is 14.8. The molecule has 2 rings (SSSR count). The van der Waals surface area contributed by atoms with Gasteiger partial charge in [-0.3, -0.25) is 0 Å². The van der Waals surface area contributed by atoms with Crippen LogP contribution < -0.4 is 11.1 Å². The molecule has 0 atom stereocenters. The average molecular weight is 264 g/mol. The highest BCUT2D eigenvalue weighted by Gasteiger charge is 2.25. The number of anilines is 1. The maximum absolute atomic E-state index is 5.64. The number of thiocarbonyl (C=S) groups is 1. The van der Waals surface area contributed by atoms with Crippen molar-refractivity contribution >= 4 is 23.0 Å². The van der Waals surface area contributed by atoms with Crippen molar-refractivity contribution in [3.05, 3.63) is 23.4 Å². The molecule has 1 aliphatic rings. The molecular formula is C13H20N4S. The number of nitrogens with one attached hydrogen (secondary N) is 1. The molecule has 0 unspecified atom stereocenters. The molecule has 1 aromatic rings. The van der Waals surface area contributed by atoms with Crippen molar-refractivity contribution in [2.45, 2.75) is 25.8 Å².